The zero-order valence-corrected chi connectivity index (χ0v) is 15.8. The first-order valence-corrected chi connectivity index (χ1v) is 9.69. The summed E-state index contributed by atoms with van der Waals surface area (Å²) in [6, 6.07) is 6.00. The Morgan fingerprint density at radius 1 is 1.19 bits per heavy atom. The van der Waals surface area contributed by atoms with Gasteiger partial charge >= 0.3 is 0 Å². The molecule has 8 nitrogen and oxygen atoms in total. The number of fused-ring (bicyclic) bond motifs is 1. The predicted octanol–water partition coefficient (Wildman–Crippen LogP) is 0.978. The zero-order chi connectivity index (χ0) is 18.6. The summed E-state index contributed by atoms with van der Waals surface area (Å²) >= 11 is 0. The molecule has 2 aliphatic rings. The minimum Gasteiger partial charge on any atom is -0.378 e. The Balaban J connectivity index is 1.43. The minimum atomic E-state index is 0.0855. The second-order valence-electron chi connectivity index (χ2n) is 7.49. The summed E-state index contributed by atoms with van der Waals surface area (Å²) in [6.07, 6.45) is 1.53. The van der Waals surface area contributed by atoms with Crippen molar-refractivity contribution in [2.75, 3.05) is 53.0 Å². The van der Waals surface area contributed by atoms with E-state index in [1.807, 2.05) is 23.1 Å². The molecule has 2 aliphatic heterocycles. The fraction of sp³-hybridized carbons (Fsp3) is 0.632. The maximum absolute atomic E-state index is 12.9. The molecule has 146 valence electrons. The molecule has 1 aromatic heterocycles. The molecule has 1 aromatic carbocycles. The average molecular weight is 373 g/mol. The molecule has 0 unspecified atom stereocenters. The summed E-state index contributed by atoms with van der Waals surface area (Å²) in [7, 11) is 2.12. The Labute approximate surface area is 159 Å². The van der Waals surface area contributed by atoms with Crippen molar-refractivity contribution < 1.29 is 14.2 Å². The highest BCUT2D eigenvalue weighted by molar-refractivity contribution is 5.77. The van der Waals surface area contributed by atoms with Gasteiger partial charge in [-0.3, -0.25) is 9.69 Å². The number of carbonyl (C=O) groups excluding carboxylic acids is 1. The van der Waals surface area contributed by atoms with Gasteiger partial charge in [-0.15, -0.1) is 0 Å². The fourth-order valence-electron chi connectivity index (χ4n) is 3.92. The van der Waals surface area contributed by atoms with Gasteiger partial charge in [-0.2, -0.15) is 0 Å². The van der Waals surface area contributed by atoms with Crippen molar-refractivity contribution in [2.24, 2.45) is 0 Å². The lowest BCUT2D eigenvalue weighted by atomic mass is 10.1. The number of ether oxygens (including phenoxy) is 1. The smallest absolute Gasteiger partial charge is 0.224 e. The topological polar surface area (TPSA) is 74.9 Å². The van der Waals surface area contributed by atoms with Crippen LogP contribution in [0, 0.1) is 0 Å². The molecule has 0 spiro atoms. The van der Waals surface area contributed by atoms with Gasteiger partial charge in [0.15, 0.2) is 0 Å². The Morgan fingerprint density at radius 2 is 2.11 bits per heavy atom. The Morgan fingerprint density at radius 3 is 3.04 bits per heavy atom. The molecule has 0 aliphatic carbocycles. The summed E-state index contributed by atoms with van der Waals surface area (Å²) in [5, 5.41) is 7.96. The lowest BCUT2D eigenvalue weighted by Crippen LogP contribution is -2.48. The number of aromatic nitrogens is 2. The number of hydrogen-bond acceptors (Lipinski definition) is 7. The number of nitrogens with zero attached hydrogens (tertiary/aromatic N) is 5. The van der Waals surface area contributed by atoms with E-state index in [0.717, 1.165) is 62.3 Å². The van der Waals surface area contributed by atoms with Crippen LogP contribution in [0.3, 0.4) is 0 Å². The third-order valence-corrected chi connectivity index (χ3v) is 5.57. The highest BCUT2D eigenvalue weighted by atomic mass is 16.6. The van der Waals surface area contributed by atoms with Crippen molar-refractivity contribution >= 4 is 16.9 Å². The van der Waals surface area contributed by atoms with Crippen molar-refractivity contribution in [3.63, 3.8) is 0 Å². The summed E-state index contributed by atoms with van der Waals surface area (Å²) in [5.74, 6) is 0.229. The minimum absolute atomic E-state index is 0.0855. The maximum Gasteiger partial charge on any atom is 0.224 e. The van der Waals surface area contributed by atoms with Gasteiger partial charge in [0.05, 0.1) is 13.2 Å². The quantitative estimate of drug-likeness (QED) is 0.791. The van der Waals surface area contributed by atoms with E-state index >= 15 is 0 Å². The van der Waals surface area contributed by atoms with Crippen LogP contribution < -0.4 is 0 Å². The molecule has 2 aromatic rings. The van der Waals surface area contributed by atoms with Crippen molar-refractivity contribution in [3.05, 3.63) is 23.8 Å². The van der Waals surface area contributed by atoms with E-state index in [1.54, 1.807) is 0 Å². The first kappa shape index (κ1) is 18.3. The van der Waals surface area contributed by atoms with Gasteiger partial charge in [-0.05, 0) is 42.0 Å². The van der Waals surface area contributed by atoms with Crippen molar-refractivity contribution in [1.82, 2.24) is 25.0 Å². The highest BCUT2D eigenvalue weighted by Gasteiger charge is 2.28. The molecule has 0 radical (unpaired) electrons. The van der Waals surface area contributed by atoms with E-state index in [1.165, 1.54) is 0 Å². The molecule has 1 amide bonds. The lowest BCUT2D eigenvalue weighted by Gasteiger charge is -2.36. The van der Waals surface area contributed by atoms with Crippen molar-refractivity contribution in [2.45, 2.75) is 25.4 Å². The van der Waals surface area contributed by atoms with E-state index in [4.69, 9.17) is 9.37 Å². The van der Waals surface area contributed by atoms with Crippen LogP contribution in [0.1, 0.15) is 18.4 Å². The second-order valence-corrected chi connectivity index (χ2v) is 7.49. The monoisotopic (exact) mass is 373 g/mol. The van der Waals surface area contributed by atoms with Crippen LogP contribution in [0.4, 0.5) is 0 Å². The van der Waals surface area contributed by atoms with Crippen molar-refractivity contribution in [1.29, 1.82) is 0 Å². The number of morpholine rings is 1. The van der Waals surface area contributed by atoms with Crippen LogP contribution in [0.5, 0.6) is 0 Å². The van der Waals surface area contributed by atoms with Gasteiger partial charge in [-0.25, -0.2) is 4.63 Å². The van der Waals surface area contributed by atoms with E-state index in [-0.39, 0.29) is 11.9 Å². The van der Waals surface area contributed by atoms with Gasteiger partial charge in [0.25, 0.3) is 0 Å². The predicted molar refractivity (Wildman–Crippen MR) is 100 cm³/mol. The van der Waals surface area contributed by atoms with Gasteiger partial charge < -0.3 is 14.5 Å². The van der Waals surface area contributed by atoms with Crippen molar-refractivity contribution in [3.8, 4) is 0 Å². The number of rotatable bonds is 4. The molecular formula is C19H27N5O3. The van der Waals surface area contributed by atoms with Crippen LogP contribution in [-0.4, -0.2) is 89.9 Å². The highest BCUT2D eigenvalue weighted by Crippen LogP contribution is 2.21. The third kappa shape index (κ3) is 4.28. The third-order valence-electron chi connectivity index (χ3n) is 5.57. The van der Waals surface area contributed by atoms with E-state index in [2.05, 4.69) is 27.2 Å². The Hall–Kier alpha value is -2.03. The van der Waals surface area contributed by atoms with Crippen LogP contribution in [0.15, 0.2) is 22.8 Å². The number of amides is 1. The summed E-state index contributed by atoms with van der Waals surface area (Å²) < 4.78 is 10.6. The fourth-order valence-corrected chi connectivity index (χ4v) is 3.92. The molecule has 3 heterocycles. The molecule has 2 saturated heterocycles. The standard InChI is InChI=1S/C19H27N5O3/c1-22-6-3-7-23(9-8-22)18(25)12-16-14-26-11-10-24(16)13-15-4-2-5-17-19(15)21-27-20-17/h2,4-5,16H,3,6-14H2,1H3/t16-/m0/s1. The summed E-state index contributed by atoms with van der Waals surface area (Å²) in [4.78, 5) is 19.5. The SMILES string of the molecule is CN1CCCN(C(=O)C[C@H]2COCCN2Cc2cccc3nonc23)CC1. The van der Waals surface area contributed by atoms with Gasteiger partial charge in [0.1, 0.15) is 11.0 Å². The maximum atomic E-state index is 12.9. The number of hydrogen-bond donors (Lipinski definition) is 0. The van der Waals surface area contributed by atoms with Gasteiger partial charge in [0, 0.05) is 45.2 Å². The molecule has 0 bridgehead atoms. The Kier molecular flexibility index (Phi) is 5.66. The van der Waals surface area contributed by atoms with Crippen LogP contribution >= 0.6 is 0 Å². The normalized spacial score (nSPS) is 22.9. The second kappa shape index (κ2) is 8.33. The molecule has 0 saturated carbocycles. The average Bonchev–Trinajstić information content (AvgIpc) is 3.05. The van der Waals surface area contributed by atoms with E-state index in [9.17, 15) is 4.79 Å². The number of carbonyl (C=O) groups is 1. The zero-order valence-electron chi connectivity index (χ0n) is 15.8. The van der Waals surface area contributed by atoms with E-state index < -0.39 is 0 Å². The molecule has 1 atom stereocenters. The van der Waals surface area contributed by atoms with E-state index in [0.29, 0.717) is 19.6 Å². The molecule has 8 heteroatoms. The van der Waals surface area contributed by atoms with Crippen LogP contribution in [-0.2, 0) is 16.1 Å². The number of likely N-dealkylation sites (N-methyl/N-ethyl adjacent to an activating group) is 1. The number of benzene rings is 1. The summed E-state index contributed by atoms with van der Waals surface area (Å²) in [6.45, 7) is 6.46. The van der Waals surface area contributed by atoms with Crippen LogP contribution in [0.2, 0.25) is 0 Å². The van der Waals surface area contributed by atoms with Gasteiger partial charge in [-0.1, -0.05) is 12.1 Å². The lowest BCUT2D eigenvalue weighted by molar-refractivity contribution is -0.134. The molecular weight excluding hydrogens is 346 g/mol. The Bertz CT molecular complexity index is 780. The summed E-state index contributed by atoms with van der Waals surface area (Å²) in [5.41, 5.74) is 2.64. The van der Waals surface area contributed by atoms with Crippen LogP contribution in [0.25, 0.3) is 11.0 Å². The first-order chi connectivity index (χ1) is 13.2. The van der Waals surface area contributed by atoms with Gasteiger partial charge in [0.2, 0.25) is 5.91 Å². The molecule has 27 heavy (non-hydrogen) atoms. The first-order valence-electron chi connectivity index (χ1n) is 9.69. The molecule has 0 N–H and O–H groups in total. The molecule has 2 fully saturated rings. The molecule has 4 rings (SSSR count). The largest absolute Gasteiger partial charge is 0.378 e.